The second-order valence-electron chi connectivity index (χ2n) is 3.69. The number of hydrogen-bond donors (Lipinski definition) is 0. The van der Waals surface area contributed by atoms with Crippen molar-refractivity contribution in [3.05, 3.63) is 23.7 Å². The summed E-state index contributed by atoms with van der Waals surface area (Å²) in [5.74, 6) is 2.02. The molecule has 1 saturated carbocycles. The summed E-state index contributed by atoms with van der Waals surface area (Å²) in [5, 5.41) is 0. The Labute approximate surface area is 77.9 Å². The van der Waals surface area contributed by atoms with Crippen LogP contribution in [0.2, 0.25) is 0 Å². The SMILES string of the molecule is O=Cc1ccc(C2CCCCC2)o1. The largest absolute Gasteiger partial charge is 0.458 e. The molecule has 70 valence electrons. The minimum Gasteiger partial charge on any atom is -0.458 e. The van der Waals surface area contributed by atoms with E-state index in [0.29, 0.717) is 11.7 Å². The van der Waals surface area contributed by atoms with Crippen molar-refractivity contribution in [1.29, 1.82) is 0 Å². The van der Waals surface area contributed by atoms with E-state index in [4.69, 9.17) is 4.42 Å². The lowest BCUT2D eigenvalue weighted by Gasteiger charge is -2.18. The molecule has 0 N–H and O–H groups in total. The molecule has 0 bridgehead atoms. The van der Waals surface area contributed by atoms with Crippen molar-refractivity contribution in [2.24, 2.45) is 0 Å². The van der Waals surface area contributed by atoms with Crippen molar-refractivity contribution in [1.82, 2.24) is 0 Å². The van der Waals surface area contributed by atoms with Crippen LogP contribution in [0.3, 0.4) is 0 Å². The Morgan fingerprint density at radius 3 is 2.62 bits per heavy atom. The zero-order valence-corrected chi connectivity index (χ0v) is 7.66. The van der Waals surface area contributed by atoms with E-state index >= 15 is 0 Å². The molecular formula is C11H14O2. The van der Waals surface area contributed by atoms with Crippen molar-refractivity contribution < 1.29 is 9.21 Å². The fraction of sp³-hybridized carbons (Fsp3) is 0.545. The molecule has 1 aliphatic rings. The molecule has 0 saturated heterocycles. The summed E-state index contributed by atoms with van der Waals surface area (Å²) in [6.07, 6.45) is 7.13. The Kier molecular flexibility index (Phi) is 2.48. The highest BCUT2D eigenvalue weighted by molar-refractivity contribution is 5.70. The molecule has 0 aromatic carbocycles. The third kappa shape index (κ3) is 1.82. The van der Waals surface area contributed by atoms with Crippen LogP contribution >= 0.6 is 0 Å². The summed E-state index contributed by atoms with van der Waals surface area (Å²) in [4.78, 5) is 10.4. The minimum absolute atomic E-state index is 0.459. The molecule has 2 heteroatoms. The fourth-order valence-electron chi connectivity index (χ4n) is 2.04. The van der Waals surface area contributed by atoms with Crippen LogP contribution in [0.4, 0.5) is 0 Å². The first-order valence-electron chi connectivity index (χ1n) is 4.95. The zero-order valence-electron chi connectivity index (χ0n) is 7.66. The standard InChI is InChI=1S/C11H14O2/c12-8-10-6-7-11(13-10)9-4-2-1-3-5-9/h6-9H,1-5H2. The first kappa shape index (κ1) is 8.54. The van der Waals surface area contributed by atoms with Crippen molar-refractivity contribution >= 4 is 6.29 Å². The molecule has 1 heterocycles. The summed E-state index contributed by atoms with van der Waals surface area (Å²) < 4.78 is 5.40. The summed E-state index contributed by atoms with van der Waals surface area (Å²) in [7, 11) is 0. The van der Waals surface area contributed by atoms with Crippen LogP contribution in [0.15, 0.2) is 16.5 Å². The smallest absolute Gasteiger partial charge is 0.185 e. The Bertz CT molecular complexity index is 282. The maximum atomic E-state index is 10.4. The van der Waals surface area contributed by atoms with E-state index in [0.717, 1.165) is 12.0 Å². The number of carbonyl (C=O) groups is 1. The first-order valence-corrected chi connectivity index (χ1v) is 4.95. The van der Waals surface area contributed by atoms with Gasteiger partial charge < -0.3 is 4.42 Å². The van der Waals surface area contributed by atoms with E-state index in [1.165, 1.54) is 32.1 Å². The highest BCUT2D eigenvalue weighted by Gasteiger charge is 2.18. The lowest BCUT2D eigenvalue weighted by atomic mass is 9.88. The molecule has 0 radical (unpaired) electrons. The Balaban J connectivity index is 2.09. The van der Waals surface area contributed by atoms with E-state index in [1.54, 1.807) is 6.07 Å². The summed E-state index contributed by atoms with van der Waals surface area (Å²) in [6, 6.07) is 3.71. The molecule has 1 aliphatic carbocycles. The molecule has 1 aromatic rings. The van der Waals surface area contributed by atoms with Gasteiger partial charge in [-0.2, -0.15) is 0 Å². The van der Waals surface area contributed by atoms with Gasteiger partial charge in [-0.15, -0.1) is 0 Å². The highest BCUT2D eigenvalue weighted by atomic mass is 16.3. The van der Waals surface area contributed by atoms with Crippen LogP contribution in [-0.4, -0.2) is 6.29 Å². The molecule has 1 fully saturated rings. The number of rotatable bonds is 2. The quantitative estimate of drug-likeness (QED) is 0.651. The molecule has 0 unspecified atom stereocenters. The van der Waals surface area contributed by atoms with Gasteiger partial charge >= 0.3 is 0 Å². The van der Waals surface area contributed by atoms with Gasteiger partial charge in [-0.05, 0) is 25.0 Å². The van der Waals surface area contributed by atoms with Crippen LogP contribution in [0, 0.1) is 0 Å². The average molecular weight is 178 g/mol. The summed E-state index contributed by atoms with van der Waals surface area (Å²) in [6.45, 7) is 0. The lowest BCUT2D eigenvalue weighted by Crippen LogP contribution is -2.02. The second kappa shape index (κ2) is 3.77. The molecule has 2 rings (SSSR count). The Morgan fingerprint density at radius 1 is 1.23 bits per heavy atom. The predicted octanol–water partition coefficient (Wildman–Crippen LogP) is 3.14. The topological polar surface area (TPSA) is 30.2 Å². The van der Waals surface area contributed by atoms with Gasteiger partial charge in [-0.25, -0.2) is 0 Å². The normalized spacial score (nSPS) is 18.8. The van der Waals surface area contributed by atoms with Gasteiger partial charge in [0.15, 0.2) is 12.0 Å². The van der Waals surface area contributed by atoms with Gasteiger partial charge in [-0.3, -0.25) is 4.79 Å². The van der Waals surface area contributed by atoms with Crippen molar-refractivity contribution in [2.45, 2.75) is 38.0 Å². The van der Waals surface area contributed by atoms with Gasteiger partial charge in [0.1, 0.15) is 5.76 Å². The molecule has 0 aliphatic heterocycles. The molecule has 0 atom stereocenters. The fourth-order valence-corrected chi connectivity index (χ4v) is 2.04. The molecule has 13 heavy (non-hydrogen) atoms. The van der Waals surface area contributed by atoms with Crippen LogP contribution < -0.4 is 0 Å². The van der Waals surface area contributed by atoms with Gasteiger partial charge in [-0.1, -0.05) is 19.3 Å². The van der Waals surface area contributed by atoms with E-state index in [-0.39, 0.29) is 0 Å². The van der Waals surface area contributed by atoms with Gasteiger partial charge in [0.2, 0.25) is 0 Å². The zero-order chi connectivity index (χ0) is 9.10. The monoisotopic (exact) mass is 178 g/mol. The summed E-state index contributed by atoms with van der Waals surface area (Å²) >= 11 is 0. The van der Waals surface area contributed by atoms with Crippen LogP contribution in [-0.2, 0) is 0 Å². The highest BCUT2D eigenvalue weighted by Crippen LogP contribution is 2.33. The van der Waals surface area contributed by atoms with E-state index < -0.39 is 0 Å². The lowest BCUT2D eigenvalue weighted by molar-refractivity contribution is 0.109. The third-order valence-electron chi connectivity index (χ3n) is 2.77. The van der Waals surface area contributed by atoms with Crippen LogP contribution in [0.5, 0.6) is 0 Å². The maximum absolute atomic E-state index is 10.4. The summed E-state index contributed by atoms with van der Waals surface area (Å²) in [5.41, 5.74) is 0. The predicted molar refractivity (Wildman–Crippen MR) is 49.9 cm³/mol. The number of aldehydes is 1. The molecule has 0 spiro atoms. The van der Waals surface area contributed by atoms with Gasteiger partial charge in [0.25, 0.3) is 0 Å². The van der Waals surface area contributed by atoms with Crippen LogP contribution in [0.25, 0.3) is 0 Å². The van der Waals surface area contributed by atoms with Gasteiger partial charge in [0.05, 0.1) is 0 Å². The molecule has 1 aromatic heterocycles. The van der Waals surface area contributed by atoms with E-state index in [9.17, 15) is 4.79 Å². The minimum atomic E-state index is 0.459. The second-order valence-corrected chi connectivity index (χ2v) is 3.69. The Morgan fingerprint density at radius 2 is 2.00 bits per heavy atom. The third-order valence-corrected chi connectivity index (χ3v) is 2.77. The number of furan rings is 1. The number of hydrogen-bond acceptors (Lipinski definition) is 2. The van der Waals surface area contributed by atoms with Crippen molar-refractivity contribution in [2.75, 3.05) is 0 Å². The van der Waals surface area contributed by atoms with Crippen molar-refractivity contribution in [3.63, 3.8) is 0 Å². The van der Waals surface area contributed by atoms with E-state index in [1.807, 2.05) is 6.07 Å². The molecule has 2 nitrogen and oxygen atoms in total. The average Bonchev–Trinajstić information content (AvgIpc) is 2.67. The first-order chi connectivity index (χ1) is 6.40. The number of carbonyl (C=O) groups excluding carboxylic acids is 1. The van der Waals surface area contributed by atoms with E-state index in [2.05, 4.69) is 0 Å². The van der Waals surface area contributed by atoms with Crippen molar-refractivity contribution in [3.8, 4) is 0 Å². The Hall–Kier alpha value is -1.05. The molecule has 0 amide bonds. The van der Waals surface area contributed by atoms with Gasteiger partial charge in [0, 0.05) is 5.92 Å². The van der Waals surface area contributed by atoms with Crippen LogP contribution in [0.1, 0.15) is 54.3 Å². The maximum Gasteiger partial charge on any atom is 0.185 e. The molecular weight excluding hydrogens is 164 g/mol.